The molecule has 0 amide bonds. The molecule has 0 saturated carbocycles. The summed E-state index contributed by atoms with van der Waals surface area (Å²) in [5.74, 6) is -4.44. The average Bonchev–Trinajstić information content (AvgIpc) is 2.98. The second-order valence-corrected chi connectivity index (χ2v) is 6.33. The van der Waals surface area contributed by atoms with Gasteiger partial charge in [0.1, 0.15) is 5.69 Å². The van der Waals surface area contributed by atoms with Crippen molar-refractivity contribution in [1.82, 2.24) is 0 Å². The van der Waals surface area contributed by atoms with Crippen LogP contribution in [0.3, 0.4) is 0 Å². The molecule has 1 aromatic heterocycles. The summed E-state index contributed by atoms with van der Waals surface area (Å²) in [7, 11) is 0. The Bertz CT molecular complexity index is 993. The molecule has 0 saturated heterocycles. The van der Waals surface area contributed by atoms with Gasteiger partial charge in [-0.2, -0.15) is 0 Å². The first kappa shape index (κ1) is 16.5. The number of hydrogen-bond acceptors (Lipinski definition) is 7. The summed E-state index contributed by atoms with van der Waals surface area (Å²) in [4.78, 5) is 0.966. The van der Waals surface area contributed by atoms with Crippen LogP contribution in [0.5, 0.6) is 28.7 Å². The van der Waals surface area contributed by atoms with Crippen LogP contribution in [0.4, 0.5) is 11.4 Å². The van der Waals surface area contributed by atoms with E-state index >= 15 is 0 Å². The fraction of sp³-hybridized carbons (Fsp3) is 0. The van der Waals surface area contributed by atoms with Crippen molar-refractivity contribution in [2.45, 2.75) is 0 Å². The molecule has 0 atom stereocenters. The van der Waals surface area contributed by atoms with E-state index in [1.165, 1.54) is 0 Å². The second kappa shape index (κ2) is 5.95. The topological polar surface area (TPSA) is 113 Å². The molecule has 0 aliphatic heterocycles. The number of phenols is 5. The quantitative estimate of drug-likeness (QED) is 0.304. The van der Waals surface area contributed by atoms with Gasteiger partial charge in [0.05, 0.1) is 0 Å². The fourth-order valence-corrected chi connectivity index (χ4v) is 3.56. The third kappa shape index (κ3) is 2.50. The Hall–Kier alpha value is -3.32. The maximum Gasteiger partial charge on any atom is 0.208 e. The lowest BCUT2D eigenvalue weighted by molar-refractivity contribution is 0.330. The molecule has 128 valence electrons. The number of phenolic OH excluding ortho intramolecular Hbond substituents is 5. The van der Waals surface area contributed by atoms with Crippen LogP contribution in [0.25, 0.3) is 22.2 Å². The van der Waals surface area contributed by atoms with Crippen molar-refractivity contribution in [2.24, 2.45) is 0 Å². The van der Waals surface area contributed by atoms with Crippen molar-refractivity contribution in [3.05, 3.63) is 41.8 Å². The number of nitrogens with one attached hydrogen (secondary N) is 1. The van der Waals surface area contributed by atoms with E-state index in [0.29, 0.717) is 5.69 Å². The van der Waals surface area contributed by atoms with Crippen LogP contribution in [0, 0.1) is 0 Å². The number of thiophene rings is 1. The number of rotatable bonds is 4. The SMILES string of the molecule is C=Cc1sc2ccc(Nc3c(O)c(O)c(O)c(O)c3O)cc2c1C=C. The van der Waals surface area contributed by atoms with Crippen LogP contribution in [-0.4, -0.2) is 25.5 Å². The molecular formula is C18H15NO5S. The van der Waals surface area contributed by atoms with Gasteiger partial charge in [-0.15, -0.1) is 11.3 Å². The van der Waals surface area contributed by atoms with Crippen molar-refractivity contribution in [1.29, 1.82) is 0 Å². The molecule has 0 bridgehead atoms. The summed E-state index contributed by atoms with van der Waals surface area (Å²) in [5.41, 5.74) is 1.06. The van der Waals surface area contributed by atoms with E-state index in [-0.39, 0.29) is 5.69 Å². The van der Waals surface area contributed by atoms with Gasteiger partial charge < -0.3 is 30.8 Å². The zero-order chi connectivity index (χ0) is 18.3. The molecule has 0 radical (unpaired) electrons. The number of hydrogen-bond donors (Lipinski definition) is 6. The van der Waals surface area contributed by atoms with Crippen molar-refractivity contribution in [3.63, 3.8) is 0 Å². The van der Waals surface area contributed by atoms with Crippen molar-refractivity contribution >= 4 is 44.9 Å². The lowest BCUT2D eigenvalue weighted by Crippen LogP contribution is -1.92. The molecule has 6 nitrogen and oxygen atoms in total. The summed E-state index contributed by atoms with van der Waals surface area (Å²) in [6, 6.07) is 5.32. The Labute approximate surface area is 146 Å². The predicted octanol–water partition coefficient (Wildman–Crippen LogP) is 4.46. The van der Waals surface area contributed by atoms with E-state index in [9.17, 15) is 25.5 Å². The summed E-state index contributed by atoms with van der Waals surface area (Å²) in [5, 5.41) is 52.2. The monoisotopic (exact) mass is 357 g/mol. The molecule has 6 N–H and O–H groups in total. The number of anilines is 2. The minimum atomic E-state index is -1.00. The summed E-state index contributed by atoms with van der Waals surface area (Å²) >= 11 is 1.55. The second-order valence-electron chi connectivity index (χ2n) is 5.24. The smallest absolute Gasteiger partial charge is 0.208 e. The highest BCUT2D eigenvalue weighted by Gasteiger charge is 2.23. The highest BCUT2D eigenvalue weighted by molar-refractivity contribution is 7.20. The van der Waals surface area contributed by atoms with E-state index < -0.39 is 28.7 Å². The van der Waals surface area contributed by atoms with E-state index in [1.807, 2.05) is 6.07 Å². The molecule has 0 spiro atoms. The highest BCUT2D eigenvalue weighted by Crippen LogP contribution is 2.54. The minimum absolute atomic E-state index is 0.327. The zero-order valence-corrected chi connectivity index (χ0v) is 13.8. The van der Waals surface area contributed by atoms with E-state index in [2.05, 4.69) is 18.5 Å². The van der Waals surface area contributed by atoms with Gasteiger partial charge in [0.25, 0.3) is 0 Å². The molecule has 0 fully saturated rings. The van der Waals surface area contributed by atoms with Crippen LogP contribution in [0.15, 0.2) is 31.4 Å². The van der Waals surface area contributed by atoms with Gasteiger partial charge in [0.2, 0.25) is 17.2 Å². The van der Waals surface area contributed by atoms with Gasteiger partial charge in [-0.1, -0.05) is 25.3 Å². The van der Waals surface area contributed by atoms with Crippen molar-refractivity contribution in [3.8, 4) is 28.7 Å². The standard InChI is InChI=1S/C18H15NO5S/c1-3-9-10-7-8(5-6-12(10)25-11(9)4-2)19-13-14(20)16(22)18(24)17(23)15(13)21/h3-7,19-24H,1-2H2. The molecule has 2 aromatic carbocycles. The van der Waals surface area contributed by atoms with Gasteiger partial charge in [-0.3, -0.25) is 0 Å². The first-order valence-electron chi connectivity index (χ1n) is 7.16. The molecule has 0 aliphatic rings. The molecule has 7 heteroatoms. The number of benzene rings is 2. The molecule has 3 aromatic rings. The van der Waals surface area contributed by atoms with Gasteiger partial charge in [0, 0.05) is 20.7 Å². The lowest BCUT2D eigenvalue weighted by atomic mass is 10.1. The van der Waals surface area contributed by atoms with Gasteiger partial charge in [0.15, 0.2) is 11.5 Å². The Kier molecular flexibility index (Phi) is 3.94. The van der Waals surface area contributed by atoms with Gasteiger partial charge in [-0.05, 0) is 23.8 Å². The zero-order valence-electron chi connectivity index (χ0n) is 12.9. The van der Waals surface area contributed by atoms with Crippen LogP contribution >= 0.6 is 11.3 Å². The van der Waals surface area contributed by atoms with Gasteiger partial charge in [-0.25, -0.2) is 0 Å². The Morgan fingerprint density at radius 1 is 0.840 bits per heavy atom. The van der Waals surface area contributed by atoms with E-state index in [4.69, 9.17) is 0 Å². The van der Waals surface area contributed by atoms with Crippen LogP contribution in [0.2, 0.25) is 0 Å². The number of fused-ring (bicyclic) bond motifs is 1. The maximum absolute atomic E-state index is 9.93. The molecule has 1 heterocycles. The number of aromatic hydroxyl groups is 5. The first-order chi connectivity index (χ1) is 11.9. The predicted molar refractivity (Wildman–Crippen MR) is 100 cm³/mol. The van der Waals surface area contributed by atoms with E-state index in [1.54, 1.807) is 35.6 Å². The van der Waals surface area contributed by atoms with Gasteiger partial charge >= 0.3 is 0 Å². The third-order valence-corrected chi connectivity index (χ3v) is 4.97. The Morgan fingerprint density at radius 2 is 1.44 bits per heavy atom. The molecular weight excluding hydrogens is 342 g/mol. The van der Waals surface area contributed by atoms with Crippen molar-refractivity contribution < 1.29 is 25.5 Å². The summed E-state index contributed by atoms with van der Waals surface area (Å²) < 4.78 is 1.00. The maximum atomic E-state index is 9.93. The minimum Gasteiger partial charge on any atom is -0.503 e. The fourth-order valence-electron chi connectivity index (χ4n) is 2.52. The van der Waals surface area contributed by atoms with Crippen molar-refractivity contribution in [2.75, 3.05) is 5.32 Å². The normalized spacial score (nSPS) is 10.7. The third-order valence-electron chi connectivity index (χ3n) is 3.78. The Morgan fingerprint density at radius 3 is 2.00 bits per heavy atom. The molecule has 0 aliphatic carbocycles. The molecule has 25 heavy (non-hydrogen) atoms. The van der Waals surface area contributed by atoms with Crippen LogP contribution < -0.4 is 5.32 Å². The Balaban J connectivity index is 2.13. The first-order valence-corrected chi connectivity index (χ1v) is 7.97. The molecule has 0 unspecified atom stereocenters. The summed E-state index contributed by atoms with van der Waals surface area (Å²) in [6.07, 6.45) is 3.45. The lowest BCUT2D eigenvalue weighted by Gasteiger charge is -2.14. The summed E-state index contributed by atoms with van der Waals surface area (Å²) in [6.45, 7) is 7.58. The van der Waals surface area contributed by atoms with E-state index in [0.717, 1.165) is 20.5 Å². The highest BCUT2D eigenvalue weighted by atomic mass is 32.1. The van der Waals surface area contributed by atoms with Crippen LogP contribution in [-0.2, 0) is 0 Å². The average molecular weight is 357 g/mol. The van der Waals surface area contributed by atoms with Crippen LogP contribution in [0.1, 0.15) is 10.4 Å². The molecule has 3 rings (SSSR count). The largest absolute Gasteiger partial charge is 0.503 e.